The third-order valence-electron chi connectivity index (χ3n) is 4.28. The summed E-state index contributed by atoms with van der Waals surface area (Å²) in [5.74, 6) is -0.0495. The molecule has 0 saturated carbocycles. The molecule has 4 heteroatoms. The largest absolute Gasteiger partial charge is 0.351 e. The lowest BCUT2D eigenvalue weighted by Gasteiger charge is -2.29. The second-order valence-corrected chi connectivity index (χ2v) is 5.96. The number of hydrogen-bond acceptors (Lipinski definition) is 2. The van der Waals surface area contributed by atoms with Crippen molar-refractivity contribution in [2.24, 2.45) is 5.41 Å². The van der Waals surface area contributed by atoms with Crippen LogP contribution in [0.3, 0.4) is 0 Å². The molecule has 0 fully saturated rings. The molecule has 2 rings (SSSR count). The van der Waals surface area contributed by atoms with Crippen molar-refractivity contribution in [2.45, 2.75) is 26.7 Å². The van der Waals surface area contributed by atoms with E-state index >= 15 is 0 Å². The van der Waals surface area contributed by atoms with E-state index in [-0.39, 0.29) is 11.3 Å². The number of nitrogens with zero attached hydrogens (tertiary/aromatic N) is 1. The molecule has 0 aliphatic rings. The van der Waals surface area contributed by atoms with Crippen molar-refractivity contribution in [2.75, 3.05) is 11.9 Å². The smallest absolute Gasteiger partial charge is 0.253 e. The molecule has 3 nitrogen and oxygen atoms in total. The van der Waals surface area contributed by atoms with Gasteiger partial charge in [-0.2, -0.15) is 0 Å². The molecule has 2 aromatic rings. The molecular weight excluding hydrogens is 328 g/mol. The second-order valence-electron chi connectivity index (χ2n) is 5.40. The minimum absolute atomic E-state index is 0.0495. The molecule has 1 aromatic heterocycles. The highest BCUT2D eigenvalue weighted by atomic mass is 79.9. The van der Waals surface area contributed by atoms with Gasteiger partial charge < -0.3 is 5.32 Å². The molecule has 1 amide bonds. The minimum Gasteiger partial charge on any atom is -0.351 e. The second kappa shape index (κ2) is 7.03. The lowest BCUT2D eigenvalue weighted by molar-refractivity contribution is 0.0934. The molecule has 1 N–H and O–H groups in total. The quantitative estimate of drug-likeness (QED) is 0.796. The Balaban J connectivity index is 2.20. The minimum atomic E-state index is -0.0495. The number of para-hydroxylation sites is 1. The molecule has 0 unspecified atom stereocenters. The summed E-state index contributed by atoms with van der Waals surface area (Å²) in [5, 5.41) is 4.95. The standard InChI is InChI=1S/C17H21BrN2O/c1-3-17(4-2,11-18)12-20-16(21)14-9-5-7-13-8-6-10-19-15(13)14/h5-10H,3-4,11-12H2,1-2H3,(H,20,21). The summed E-state index contributed by atoms with van der Waals surface area (Å²) in [6.45, 7) is 5.00. The molecule has 21 heavy (non-hydrogen) atoms. The molecule has 0 radical (unpaired) electrons. The highest BCUT2D eigenvalue weighted by Gasteiger charge is 2.25. The van der Waals surface area contributed by atoms with Gasteiger partial charge in [-0.05, 0) is 30.4 Å². The van der Waals surface area contributed by atoms with Crippen molar-refractivity contribution >= 4 is 32.7 Å². The summed E-state index contributed by atoms with van der Waals surface area (Å²) in [4.78, 5) is 16.8. The van der Waals surface area contributed by atoms with Crippen LogP contribution < -0.4 is 5.32 Å². The number of rotatable bonds is 6. The average Bonchev–Trinajstić information content (AvgIpc) is 2.56. The fraction of sp³-hybridized carbons (Fsp3) is 0.412. The van der Waals surface area contributed by atoms with Gasteiger partial charge in [-0.25, -0.2) is 0 Å². The number of pyridine rings is 1. The summed E-state index contributed by atoms with van der Waals surface area (Å²) in [6, 6.07) is 9.56. The number of fused-ring (bicyclic) bond motifs is 1. The first kappa shape index (κ1) is 16.0. The molecular formula is C17H21BrN2O. The van der Waals surface area contributed by atoms with Gasteiger partial charge in [0.2, 0.25) is 0 Å². The van der Waals surface area contributed by atoms with Crippen LogP contribution in [0.4, 0.5) is 0 Å². The Labute approximate surface area is 134 Å². The molecule has 0 saturated heterocycles. The van der Waals surface area contributed by atoms with Gasteiger partial charge >= 0.3 is 0 Å². The molecule has 1 aromatic carbocycles. The zero-order chi connectivity index (χ0) is 15.3. The number of hydrogen-bond donors (Lipinski definition) is 1. The average molecular weight is 349 g/mol. The van der Waals surface area contributed by atoms with Crippen LogP contribution in [-0.2, 0) is 0 Å². The number of halogens is 1. The summed E-state index contributed by atoms with van der Waals surface area (Å²) < 4.78 is 0. The molecule has 0 aliphatic carbocycles. The van der Waals surface area contributed by atoms with Gasteiger partial charge in [-0.15, -0.1) is 0 Å². The lowest BCUT2D eigenvalue weighted by Crippen LogP contribution is -2.38. The Bertz CT molecular complexity index is 609. The number of aromatic nitrogens is 1. The van der Waals surface area contributed by atoms with Gasteiger partial charge in [-0.3, -0.25) is 9.78 Å². The van der Waals surface area contributed by atoms with Gasteiger partial charge in [0.05, 0.1) is 11.1 Å². The van der Waals surface area contributed by atoms with Crippen LogP contribution in [0.1, 0.15) is 37.0 Å². The molecule has 0 aliphatic heterocycles. The molecule has 112 valence electrons. The number of nitrogens with one attached hydrogen (secondary N) is 1. The Morgan fingerprint density at radius 3 is 2.62 bits per heavy atom. The maximum Gasteiger partial charge on any atom is 0.253 e. The van der Waals surface area contributed by atoms with Crippen molar-refractivity contribution < 1.29 is 4.79 Å². The SMILES string of the molecule is CCC(CC)(CBr)CNC(=O)c1cccc2cccnc12. The maximum absolute atomic E-state index is 12.5. The maximum atomic E-state index is 12.5. The predicted molar refractivity (Wildman–Crippen MR) is 90.9 cm³/mol. The highest BCUT2D eigenvalue weighted by Crippen LogP contribution is 2.28. The number of carbonyl (C=O) groups excluding carboxylic acids is 1. The first-order valence-corrected chi connectivity index (χ1v) is 8.46. The van der Waals surface area contributed by atoms with E-state index in [1.807, 2.05) is 30.3 Å². The fourth-order valence-corrected chi connectivity index (χ4v) is 3.38. The third kappa shape index (κ3) is 3.43. The van der Waals surface area contributed by atoms with Gasteiger partial charge in [0.1, 0.15) is 0 Å². The van der Waals surface area contributed by atoms with Gasteiger partial charge in [0, 0.05) is 23.5 Å². The van der Waals surface area contributed by atoms with E-state index in [0.29, 0.717) is 12.1 Å². The highest BCUT2D eigenvalue weighted by molar-refractivity contribution is 9.09. The first-order chi connectivity index (χ1) is 10.2. The molecule has 0 bridgehead atoms. The summed E-state index contributed by atoms with van der Waals surface area (Å²) >= 11 is 3.58. The van der Waals surface area contributed by atoms with E-state index in [4.69, 9.17) is 0 Å². The topological polar surface area (TPSA) is 42.0 Å². The zero-order valence-corrected chi connectivity index (χ0v) is 14.1. The van der Waals surface area contributed by atoms with E-state index in [1.165, 1.54) is 0 Å². The molecule has 1 heterocycles. The summed E-state index contributed by atoms with van der Waals surface area (Å²) in [5.41, 5.74) is 1.52. The van der Waals surface area contributed by atoms with Crippen molar-refractivity contribution in [3.05, 3.63) is 42.1 Å². The van der Waals surface area contributed by atoms with Crippen LogP contribution in [-0.4, -0.2) is 22.8 Å². The normalized spacial score (nSPS) is 11.6. The Morgan fingerprint density at radius 2 is 1.95 bits per heavy atom. The Morgan fingerprint density at radius 1 is 1.24 bits per heavy atom. The van der Waals surface area contributed by atoms with E-state index in [0.717, 1.165) is 29.1 Å². The van der Waals surface area contributed by atoms with Crippen molar-refractivity contribution in [3.8, 4) is 0 Å². The van der Waals surface area contributed by atoms with E-state index < -0.39 is 0 Å². The van der Waals surface area contributed by atoms with Crippen LogP contribution in [0, 0.1) is 5.41 Å². The van der Waals surface area contributed by atoms with E-state index in [1.54, 1.807) is 6.20 Å². The van der Waals surface area contributed by atoms with Crippen LogP contribution >= 0.6 is 15.9 Å². The van der Waals surface area contributed by atoms with Crippen LogP contribution in [0.5, 0.6) is 0 Å². The predicted octanol–water partition coefficient (Wildman–Crippen LogP) is 4.17. The number of alkyl halides is 1. The van der Waals surface area contributed by atoms with Crippen LogP contribution in [0.25, 0.3) is 10.9 Å². The van der Waals surface area contributed by atoms with Crippen molar-refractivity contribution in [1.82, 2.24) is 10.3 Å². The van der Waals surface area contributed by atoms with E-state index in [9.17, 15) is 4.79 Å². The van der Waals surface area contributed by atoms with Gasteiger partial charge in [0.15, 0.2) is 0 Å². The van der Waals surface area contributed by atoms with Gasteiger partial charge in [-0.1, -0.05) is 48.0 Å². The van der Waals surface area contributed by atoms with Crippen molar-refractivity contribution in [3.63, 3.8) is 0 Å². The molecule has 0 atom stereocenters. The fourth-order valence-electron chi connectivity index (χ4n) is 2.39. The third-order valence-corrected chi connectivity index (χ3v) is 5.47. The lowest BCUT2D eigenvalue weighted by atomic mass is 9.84. The molecule has 0 spiro atoms. The summed E-state index contributed by atoms with van der Waals surface area (Å²) in [6.07, 6.45) is 3.78. The van der Waals surface area contributed by atoms with Crippen LogP contribution in [0.2, 0.25) is 0 Å². The zero-order valence-electron chi connectivity index (χ0n) is 12.5. The Hall–Kier alpha value is -1.42. The number of amides is 1. The number of benzene rings is 1. The number of carbonyl (C=O) groups is 1. The van der Waals surface area contributed by atoms with Crippen LogP contribution in [0.15, 0.2) is 36.5 Å². The Kier molecular flexibility index (Phi) is 5.34. The first-order valence-electron chi connectivity index (χ1n) is 7.33. The van der Waals surface area contributed by atoms with Gasteiger partial charge in [0.25, 0.3) is 5.91 Å². The van der Waals surface area contributed by atoms with E-state index in [2.05, 4.69) is 40.1 Å². The van der Waals surface area contributed by atoms with Crippen molar-refractivity contribution in [1.29, 1.82) is 0 Å². The monoisotopic (exact) mass is 348 g/mol. The summed E-state index contributed by atoms with van der Waals surface area (Å²) in [7, 11) is 0.